The van der Waals surface area contributed by atoms with Crippen molar-refractivity contribution in [3.8, 4) is 11.3 Å². The van der Waals surface area contributed by atoms with Gasteiger partial charge < -0.3 is 10.2 Å². The monoisotopic (exact) mass is 375 g/mol. The van der Waals surface area contributed by atoms with Crippen LogP contribution in [0.1, 0.15) is 40.2 Å². The van der Waals surface area contributed by atoms with Gasteiger partial charge in [-0.05, 0) is 36.2 Å². The number of fused-ring (bicyclic) bond motifs is 1. The van der Waals surface area contributed by atoms with E-state index in [0.717, 1.165) is 48.6 Å². The molecule has 1 N–H and O–H groups in total. The van der Waals surface area contributed by atoms with Crippen molar-refractivity contribution in [3.05, 3.63) is 60.2 Å². The van der Waals surface area contributed by atoms with Gasteiger partial charge in [-0.2, -0.15) is 0 Å². The zero-order chi connectivity index (χ0) is 20.1. The number of hydrogen-bond acceptors (Lipinski definition) is 3. The molecule has 0 aliphatic carbocycles. The normalized spacial score (nSPS) is 11.9. The van der Waals surface area contributed by atoms with Crippen LogP contribution in [0.25, 0.3) is 22.2 Å². The molecule has 1 heterocycles. The Hall–Kier alpha value is -2.39. The number of nitrogens with zero attached hydrogens (tertiary/aromatic N) is 2. The van der Waals surface area contributed by atoms with Crippen LogP contribution in [0.3, 0.4) is 0 Å². The molecule has 0 aliphatic heterocycles. The molecule has 0 amide bonds. The fraction of sp³-hybridized carbons (Fsp3) is 0.400. The van der Waals surface area contributed by atoms with Gasteiger partial charge in [0.25, 0.3) is 0 Å². The lowest BCUT2D eigenvalue weighted by Gasteiger charge is -2.20. The van der Waals surface area contributed by atoms with E-state index in [-0.39, 0.29) is 5.41 Å². The maximum absolute atomic E-state index is 4.92. The number of benzene rings is 2. The number of pyridine rings is 1. The fourth-order valence-corrected chi connectivity index (χ4v) is 3.50. The third-order valence-corrected chi connectivity index (χ3v) is 5.40. The predicted molar refractivity (Wildman–Crippen MR) is 122 cm³/mol. The molecular formula is C25H33N3. The molecule has 0 fully saturated rings. The summed E-state index contributed by atoms with van der Waals surface area (Å²) in [7, 11) is 0. The minimum absolute atomic E-state index is 0.159. The van der Waals surface area contributed by atoms with Crippen LogP contribution in [-0.4, -0.2) is 36.1 Å². The van der Waals surface area contributed by atoms with Crippen molar-refractivity contribution in [2.24, 2.45) is 0 Å². The Balaban J connectivity index is 1.91. The number of anilines is 1. The summed E-state index contributed by atoms with van der Waals surface area (Å²) < 4.78 is 0. The fourth-order valence-electron chi connectivity index (χ4n) is 3.50. The first-order valence-corrected chi connectivity index (χ1v) is 10.4. The van der Waals surface area contributed by atoms with Crippen molar-refractivity contribution in [2.45, 2.75) is 40.0 Å². The van der Waals surface area contributed by atoms with Gasteiger partial charge >= 0.3 is 0 Å². The lowest BCUT2D eigenvalue weighted by molar-refractivity contribution is 0.316. The van der Waals surface area contributed by atoms with E-state index in [9.17, 15) is 0 Å². The molecule has 0 unspecified atom stereocenters. The number of para-hydroxylation sites is 1. The summed E-state index contributed by atoms with van der Waals surface area (Å²) in [5.74, 6) is 0. The van der Waals surface area contributed by atoms with Crippen molar-refractivity contribution in [3.63, 3.8) is 0 Å². The van der Waals surface area contributed by atoms with E-state index in [0.29, 0.717) is 0 Å². The van der Waals surface area contributed by atoms with E-state index >= 15 is 0 Å². The first-order valence-electron chi connectivity index (χ1n) is 10.4. The Labute approximate surface area is 169 Å². The zero-order valence-corrected chi connectivity index (χ0v) is 17.9. The second kappa shape index (κ2) is 8.74. The first kappa shape index (κ1) is 20.3. The Kier molecular flexibility index (Phi) is 6.35. The van der Waals surface area contributed by atoms with E-state index in [1.54, 1.807) is 0 Å². The van der Waals surface area contributed by atoms with E-state index in [4.69, 9.17) is 4.98 Å². The molecule has 0 bridgehead atoms. The Morgan fingerprint density at radius 1 is 0.929 bits per heavy atom. The highest BCUT2D eigenvalue weighted by Crippen LogP contribution is 2.30. The van der Waals surface area contributed by atoms with Gasteiger partial charge in [-0.15, -0.1) is 0 Å². The van der Waals surface area contributed by atoms with Crippen LogP contribution >= 0.6 is 0 Å². The molecule has 1 aromatic heterocycles. The average molecular weight is 376 g/mol. The Bertz CT molecular complexity index is 903. The molecule has 3 heteroatoms. The van der Waals surface area contributed by atoms with E-state index < -0.39 is 0 Å². The highest BCUT2D eigenvalue weighted by molar-refractivity contribution is 5.93. The summed E-state index contributed by atoms with van der Waals surface area (Å²) in [6.45, 7) is 15.3. The summed E-state index contributed by atoms with van der Waals surface area (Å²) >= 11 is 0. The maximum Gasteiger partial charge on any atom is 0.0730 e. The number of hydrogen-bond donors (Lipinski definition) is 1. The highest BCUT2D eigenvalue weighted by atomic mass is 15.1. The van der Waals surface area contributed by atoms with Gasteiger partial charge in [0.2, 0.25) is 0 Å². The van der Waals surface area contributed by atoms with Crippen LogP contribution in [0, 0.1) is 0 Å². The van der Waals surface area contributed by atoms with Gasteiger partial charge in [-0.1, -0.05) is 77.1 Å². The van der Waals surface area contributed by atoms with Gasteiger partial charge in [-0.25, -0.2) is 4.98 Å². The molecule has 3 nitrogen and oxygen atoms in total. The summed E-state index contributed by atoms with van der Waals surface area (Å²) in [5, 5.41) is 4.83. The summed E-state index contributed by atoms with van der Waals surface area (Å²) in [6, 6.07) is 19.4. The second-order valence-corrected chi connectivity index (χ2v) is 8.35. The molecule has 2 aromatic carbocycles. The maximum atomic E-state index is 4.92. The van der Waals surface area contributed by atoms with Crippen LogP contribution in [0.15, 0.2) is 54.6 Å². The topological polar surface area (TPSA) is 28.2 Å². The minimum atomic E-state index is 0.159. The quantitative estimate of drug-likeness (QED) is 0.553. The minimum Gasteiger partial charge on any atom is -0.383 e. The van der Waals surface area contributed by atoms with Crippen LogP contribution < -0.4 is 5.32 Å². The summed E-state index contributed by atoms with van der Waals surface area (Å²) in [4.78, 5) is 7.36. The van der Waals surface area contributed by atoms with Gasteiger partial charge in [0, 0.05) is 29.7 Å². The van der Waals surface area contributed by atoms with Crippen LogP contribution in [0.4, 0.5) is 5.69 Å². The molecule has 3 aromatic rings. The van der Waals surface area contributed by atoms with Gasteiger partial charge in [0.15, 0.2) is 0 Å². The standard InChI is InChI=1S/C25H33N3/c1-6-28(7-2)17-16-26-24-18-23(27-22-11-9-8-10-21(22)24)19-12-14-20(15-13-19)25(3,4)5/h8-15,18H,6-7,16-17H2,1-5H3,(H,26,27). The van der Waals surface area contributed by atoms with Gasteiger partial charge in [0.1, 0.15) is 0 Å². The summed E-state index contributed by atoms with van der Waals surface area (Å²) in [5.41, 5.74) is 5.87. The molecule has 28 heavy (non-hydrogen) atoms. The smallest absolute Gasteiger partial charge is 0.0730 e. The van der Waals surface area contributed by atoms with E-state index in [1.165, 1.54) is 10.9 Å². The number of likely N-dealkylation sites (N-methyl/N-ethyl adjacent to an activating group) is 1. The predicted octanol–water partition coefficient (Wildman–Crippen LogP) is 5.95. The lowest BCUT2D eigenvalue weighted by Crippen LogP contribution is -2.28. The van der Waals surface area contributed by atoms with E-state index in [2.05, 4.69) is 99.4 Å². The van der Waals surface area contributed by atoms with E-state index in [1.807, 2.05) is 0 Å². The molecule has 0 spiro atoms. The average Bonchev–Trinajstić information content (AvgIpc) is 2.70. The van der Waals surface area contributed by atoms with Gasteiger partial charge in [-0.3, -0.25) is 0 Å². The molecule has 0 atom stereocenters. The molecule has 0 radical (unpaired) electrons. The molecule has 0 saturated carbocycles. The first-order chi connectivity index (χ1) is 13.4. The zero-order valence-electron chi connectivity index (χ0n) is 17.9. The van der Waals surface area contributed by atoms with Gasteiger partial charge in [0.05, 0.1) is 11.2 Å². The Morgan fingerprint density at radius 3 is 2.25 bits per heavy atom. The lowest BCUT2D eigenvalue weighted by atomic mass is 9.86. The largest absolute Gasteiger partial charge is 0.383 e. The number of aromatic nitrogens is 1. The third kappa shape index (κ3) is 4.71. The third-order valence-electron chi connectivity index (χ3n) is 5.40. The molecule has 0 aliphatic rings. The molecule has 3 rings (SSSR count). The molecule has 0 saturated heterocycles. The van der Waals surface area contributed by atoms with Crippen LogP contribution in [-0.2, 0) is 5.41 Å². The second-order valence-electron chi connectivity index (χ2n) is 8.35. The highest BCUT2D eigenvalue weighted by Gasteiger charge is 2.14. The van der Waals surface area contributed by atoms with Crippen LogP contribution in [0.2, 0.25) is 0 Å². The van der Waals surface area contributed by atoms with Crippen molar-refractivity contribution in [1.82, 2.24) is 9.88 Å². The molecular weight excluding hydrogens is 342 g/mol. The number of rotatable bonds is 7. The van der Waals surface area contributed by atoms with Crippen molar-refractivity contribution < 1.29 is 0 Å². The Morgan fingerprint density at radius 2 is 1.61 bits per heavy atom. The van der Waals surface area contributed by atoms with Crippen molar-refractivity contribution in [1.29, 1.82) is 0 Å². The molecule has 148 valence electrons. The van der Waals surface area contributed by atoms with Crippen LogP contribution in [0.5, 0.6) is 0 Å². The number of nitrogens with one attached hydrogen (secondary N) is 1. The summed E-state index contributed by atoms with van der Waals surface area (Å²) in [6.07, 6.45) is 0. The van der Waals surface area contributed by atoms with Crippen molar-refractivity contribution >= 4 is 16.6 Å². The SMILES string of the molecule is CCN(CC)CCNc1cc(-c2ccc(C(C)(C)C)cc2)nc2ccccc12. The van der Waals surface area contributed by atoms with Crippen molar-refractivity contribution in [2.75, 3.05) is 31.5 Å².